The van der Waals surface area contributed by atoms with Crippen LogP contribution in [0.15, 0.2) is 54.6 Å². The van der Waals surface area contributed by atoms with Crippen LogP contribution < -0.4 is 10.6 Å². The third kappa shape index (κ3) is 6.10. The molecule has 0 fully saturated rings. The summed E-state index contributed by atoms with van der Waals surface area (Å²) >= 11 is 0. The maximum Gasteiger partial charge on any atom is 0.311 e. The van der Waals surface area contributed by atoms with Crippen molar-refractivity contribution in [1.29, 1.82) is 0 Å². The fourth-order valence-corrected chi connectivity index (χ4v) is 2.14. The van der Waals surface area contributed by atoms with Crippen LogP contribution in [0.1, 0.15) is 19.4 Å². The average molecular weight is 340 g/mol. The molecule has 0 aromatic heterocycles. The summed E-state index contributed by atoms with van der Waals surface area (Å²) in [6, 6.07) is 15.8. The highest BCUT2D eigenvalue weighted by Crippen LogP contribution is 2.14. The Morgan fingerprint density at radius 3 is 2.04 bits per heavy atom. The van der Waals surface area contributed by atoms with E-state index in [1.807, 2.05) is 30.3 Å². The molecule has 0 aliphatic heterocycles. The summed E-state index contributed by atoms with van der Waals surface area (Å²) in [6.45, 7) is 2.94. The first-order valence-electron chi connectivity index (χ1n) is 7.86. The maximum absolute atomic E-state index is 12.1. The van der Waals surface area contributed by atoms with Gasteiger partial charge in [-0.15, -0.1) is 0 Å². The number of ether oxygens (including phenoxy) is 1. The van der Waals surface area contributed by atoms with Gasteiger partial charge in [-0.3, -0.25) is 14.4 Å². The van der Waals surface area contributed by atoms with E-state index in [4.69, 9.17) is 4.74 Å². The number of anilines is 2. The Hall–Kier alpha value is -3.15. The minimum Gasteiger partial charge on any atom is -0.452 e. The summed E-state index contributed by atoms with van der Waals surface area (Å²) < 4.78 is 5.16. The third-order valence-corrected chi connectivity index (χ3v) is 3.34. The lowest BCUT2D eigenvalue weighted by atomic mass is 10.1. The minimum atomic E-state index is -0.911. The van der Waals surface area contributed by atoms with Crippen molar-refractivity contribution in [3.63, 3.8) is 0 Å². The van der Waals surface area contributed by atoms with Crippen molar-refractivity contribution in [3.05, 3.63) is 60.2 Å². The quantitative estimate of drug-likeness (QED) is 0.792. The van der Waals surface area contributed by atoms with Gasteiger partial charge < -0.3 is 15.4 Å². The van der Waals surface area contributed by atoms with Crippen LogP contribution in [0.2, 0.25) is 0 Å². The zero-order valence-corrected chi connectivity index (χ0v) is 14.1. The molecule has 2 N–H and O–H groups in total. The van der Waals surface area contributed by atoms with Gasteiger partial charge in [0.05, 0.1) is 6.42 Å². The van der Waals surface area contributed by atoms with Gasteiger partial charge in [-0.25, -0.2) is 0 Å². The van der Waals surface area contributed by atoms with E-state index in [1.54, 1.807) is 24.3 Å². The molecule has 2 aromatic rings. The molecule has 0 radical (unpaired) electrons. The second kappa shape index (κ2) is 8.63. The van der Waals surface area contributed by atoms with Crippen molar-refractivity contribution in [2.75, 3.05) is 10.6 Å². The van der Waals surface area contributed by atoms with Crippen molar-refractivity contribution in [3.8, 4) is 0 Å². The van der Waals surface area contributed by atoms with Crippen LogP contribution in [-0.4, -0.2) is 23.9 Å². The SMILES string of the molecule is CC(=O)Nc1ccc(NC(=O)[C@H](C)OC(=O)Cc2ccccc2)cc1. The topological polar surface area (TPSA) is 84.5 Å². The number of nitrogens with one attached hydrogen (secondary N) is 2. The monoisotopic (exact) mass is 340 g/mol. The van der Waals surface area contributed by atoms with Gasteiger partial charge in [0.15, 0.2) is 6.10 Å². The Bertz CT molecular complexity index is 742. The van der Waals surface area contributed by atoms with Gasteiger partial charge in [-0.1, -0.05) is 30.3 Å². The number of esters is 1. The summed E-state index contributed by atoms with van der Waals surface area (Å²) in [6.07, 6.45) is -0.796. The van der Waals surface area contributed by atoms with E-state index in [-0.39, 0.29) is 12.3 Å². The molecule has 0 bridgehead atoms. The van der Waals surface area contributed by atoms with Crippen molar-refractivity contribution in [1.82, 2.24) is 0 Å². The van der Waals surface area contributed by atoms with E-state index in [0.29, 0.717) is 11.4 Å². The molecule has 0 unspecified atom stereocenters. The van der Waals surface area contributed by atoms with Crippen molar-refractivity contribution < 1.29 is 19.1 Å². The fourth-order valence-electron chi connectivity index (χ4n) is 2.14. The second-order valence-corrected chi connectivity index (χ2v) is 5.54. The van der Waals surface area contributed by atoms with E-state index in [0.717, 1.165) is 5.56 Å². The van der Waals surface area contributed by atoms with Gasteiger partial charge in [0.25, 0.3) is 5.91 Å². The first-order chi connectivity index (χ1) is 11.9. The van der Waals surface area contributed by atoms with Gasteiger partial charge in [-0.05, 0) is 36.8 Å². The minimum absolute atomic E-state index is 0.115. The molecule has 0 heterocycles. The zero-order valence-electron chi connectivity index (χ0n) is 14.1. The van der Waals surface area contributed by atoms with E-state index < -0.39 is 18.0 Å². The Labute approximate surface area is 146 Å². The van der Waals surface area contributed by atoms with Crippen LogP contribution >= 0.6 is 0 Å². The Kier molecular flexibility index (Phi) is 6.28. The molecule has 0 aliphatic carbocycles. The molecule has 6 nitrogen and oxygen atoms in total. The largest absolute Gasteiger partial charge is 0.452 e. The third-order valence-electron chi connectivity index (χ3n) is 3.34. The van der Waals surface area contributed by atoms with Crippen LogP contribution in [0, 0.1) is 0 Å². The summed E-state index contributed by atoms with van der Waals surface area (Å²) in [5, 5.41) is 5.30. The Balaban J connectivity index is 1.85. The Morgan fingerprint density at radius 2 is 1.48 bits per heavy atom. The number of carbonyl (C=O) groups is 3. The number of hydrogen-bond acceptors (Lipinski definition) is 4. The fraction of sp³-hybridized carbons (Fsp3) is 0.211. The predicted octanol–water partition coefficient (Wildman–Crippen LogP) is 2.76. The number of carbonyl (C=O) groups excluding carboxylic acids is 3. The highest BCUT2D eigenvalue weighted by molar-refractivity contribution is 5.95. The van der Waals surface area contributed by atoms with Crippen LogP contribution in [0.3, 0.4) is 0 Å². The molecule has 2 aromatic carbocycles. The molecule has 0 saturated carbocycles. The molecule has 6 heteroatoms. The Morgan fingerprint density at radius 1 is 0.920 bits per heavy atom. The van der Waals surface area contributed by atoms with Crippen molar-refractivity contribution in [2.24, 2.45) is 0 Å². The van der Waals surface area contributed by atoms with Gasteiger partial charge >= 0.3 is 5.97 Å². The highest BCUT2D eigenvalue weighted by Gasteiger charge is 2.18. The van der Waals surface area contributed by atoms with Gasteiger partial charge in [0.2, 0.25) is 5.91 Å². The lowest BCUT2D eigenvalue weighted by Crippen LogP contribution is -2.30. The lowest BCUT2D eigenvalue weighted by molar-refractivity contribution is -0.152. The standard InChI is InChI=1S/C19H20N2O4/c1-13(25-18(23)12-15-6-4-3-5-7-15)19(24)21-17-10-8-16(9-11-17)20-14(2)22/h3-11,13H,12H2,1-2H3,(H,20,22)(H,21,24)/t13-/m0/s1. The summed E-state index contributed by atoms with van der Waals surface area (Å²) in [7, 11) is 0. The molecule has 2 amide bonds. The number of benzene rings is 2. The molecule has 130 valence electrons. The predicted molar refractivity (Wildman–Crippen MR) is 95.1 cm³/mol. The van der Waals surface area contributed by atoms with Crippen LogP contribution in [-0.2, 0) is 25.5 Å². The summed E-state index contributed by atoms with van der Waals surface area (Å²) in [5.74, 6) is -1.06. The first kappa shape index (κ1) is 18.2. The first-order valence-corrected chi connectivity index (χ1v) is 7.86. The van der Waals surface area contributed by atoms with Crippen LogP contribution in [0.25, 0.3) is 0 Å². The zero-order chi connectivity index (χ0) is 18.2. The second-order valence-electron chi connectivity index (χ2n) is 5.54. The van der Waals surface area contributed by atoms with Gasteiger partial charge in [0, 0.05) is 18.3 Å². The van der Waals surface area contributed by atoms with Crippen LogP contribution in [0.4, 0.5) is 11.4 Å². The van der Waals surface area contributed by atoms with E-state index >= 15 is 0 Å². The van der Waals surface area contributed by atoms with E-state index in [1.165, 1.54) is 13.8 Å². The molecular formula is C19H20N2O4. The summed E-state index contributed by atoms with van der Waals surface area (Å²) in [5.41, 5.74) is 2.01. The number of amides is 2. The molecule has 0 saturated heterocycles. The van der Waals surface area contributed by atoms with Gasteiger partial charge in [-0.2, -0.15) is 0 Å². The summed E-state index contributed by atoms with van der Waals surface area (Å²) in [4.78, 5) is 35.0. The van der Waals surface area contributed by atoms with E-state index in [2.05, 4.69) is 10.6 Å². The van der Waals surface area contributed by atoms with Crippen molar-refractivity contribution >= 4 is 29.2 Å². The number of rotatable bonds is 6. The van der Waals surface area contributed by atoms with Crippen molar-refractivity contribution in [2.45, 2.75) is 26.4 Å². The molecular weight excluding hydrogens is 320 g/mol. The molecule has 2 rings (SSSR count). The highest BCUT2D eigenvalue weighted by atomic mass is 16.5. The van der Waals surface area contributed by atoms with Crippen LogP contribution in [0.5, 0.6) is 0 Å². The molecule has 1 atom stereocenters. The average Bonchev–Trinajstić information content (AvgIpc) is 2.57. The molecule has 25 heavy (non-hydrogen) atoms. The lowest BCUT2D eigenvalue weighted by Gasteiger charge is -2.14. The van der Waals surface area contributed by atoms with E-state index in [9.17, 15) is 14.4 Å². The number of hydrogen-bond donors (Lipinski definition) is 2. The smallest absolute Gasteiger partial charge is 0.311 e. The van der Waals surface area contributed by atoms with Gasteiger partial charge in [0.1, 0.15) is 0 Å². The molecule has 0 spiro atoms. The maximum atomic E-state index is 12.1. The molecule has 0 aliphatic rings. The normalized spacial score (nSPS) is 11.3.